The lowest BCUT2D eigenvalue weighted by molar-refractivity contribution is -0.384. The molecule has 0 aliphatic heterocycles. The molecule has 0 unspecified atom stereocenters. The van der Waals surface area contributed by atoms with Gasteiger partial charge in [-0.1, -0.05) is 11.8 Å². The standard InChI is InChI=1S/C19H12FN3O7S/c20-8-1-4-10(5-2-8)31-12-6-3-9(23(29)30)7-11(12)13-14(18(25)26)16(21)22-17(24)15(13)19(27)28/h1-7H,(H,25,26)(H,27,28)(H3,21,22,24). The summed E-state index contributed by atoms with van der Waals surface area (Å²) in [4.78, 5) is 49.1. The van der Waals surface area contributed by atoms with Crippen molar-refractivity contribution in [3.8, 4) is 11.1 Å². The zero-order valence-electron chi connectivity index (χ0n) is 15.3. The number of aromatic carboxylic acids is 2. The van der Waals surface area contributed by atoms with Crippen molar-refractivity contribution in [2.75, 3.05) is 5.73 Å². The Morgan fingerprint density at radius 3 is 2.23 bits per heavy atom. The van der Waals surface area contributed by atoms with Crippen LogP contribution in [0.25, 0.3) is 11.1 Å². The van der Waals surface area contributed by atoms with Crippen molar-refractivity contribution in [2.45, 2.75) is 9.79 Å². The van der Waals surface area contributed by atoms with Gasteiger partial charge in [0.15, 0.2) is 0 Å². The average molecular weight is 445 g/mol. The van der Waals surface area contributed by atoms with Gasteiger partial charge in [0.1, 0.15) is 22.8 Å². The van der Waals surface area contributed by atoms with Crippen molar-refractivity contribution in [2.24, 2.45) is 0 Å². The summed E-state index contributed by atoms with van der Waals surface area (Å²) < 4.78 is 13.2. The SMILES string of the molecule is Nc1[nH]c(=O)c(C(=O)O)c(-c2cc([N+](=O)[O-])ccc2Sc2ccc(F)cc2)c1C(=O)O. The Kier molecular flexibility index (Phi) is 5.75. The number of carboxylic acids is 2. The molecule has 3 rings (SSSR count). The summed E-state index contributed by atoms with van der Waals surface area (Å²) in [7, 11) is 0. The Hall–Kier alpha value is -4.19. The maximum Gasteiger partial charge on any atom is 0.342 e. The number of aromatic amines is 1. The summed E-state index contributed by atoms with van der Waals surface area (Å²) >= 11 is 0.963. The number of nitrogens with one attached hydrogen (secondary N) is 1. The molecule has 3 aromatic rings. The molecule has 0 fully saturated rings. The lowest BCUT2D eigenvalue weighted by atomic mass is 9.95. The van der Waals surface area contributed by atoms with E-state index in [0.717, 1.165) is 23.9 Å². The number of anilines is 1. The second-order valence-electron chi connectivity index (χ2n) is 6.10. The van der Waals surface area contributed by atoms with Gasteiger partial charge in [-0.25, -0.2) is 14.0 Å². The molecule has 12 heteroatoms. The highest BCUT2D eigenvalue weighted by Crippen LogP contribution is 2.41. The van der Waals surface area contributed by atoms with Crippen molar-refractivity contribution < 1.29 is 29.1 Å². The molecule has 0 atom stereocenters. The van der Waals surface area contributed by atoms with Gasteiger partial charge in [-0.2, -0.15) is 0 Å². The van der Waals surface area contributed by atoms with Gasteiger partial charge in [0.05, 0.1) is 4.92 Å². The number of carbonyl (C=O) groups is 2. The third-order valence-electron chi connectivity index (χ3n) is 4.16. The zero-order chi connectivity index (χ0) is 22.9. The van der Waals surface area contributed by atoms with E-state index < -0.39 is 56.4 Å². The molecule has 2 aromatic carbocycles. The minimum atomic E-state index is -1.75. The summed E-state index contributed by atoms with van der Waals surface area (Å²) in [5.74, 6) is -4.50. The van der Waals surface area contributed by atoms with E-state index >= 15 is 0 Å². The van der Waals surface area contributed by atoms with Crippen LogP contribution in [-0.4, -0.2) is 32.1 Å². The molecule has 0 aliphatic carbocycles. The fourth-order valence-corrected chi connectivity index (χ4v) is 3.79. The fraction of sp³-hybridized carbons (Fsp3) is 0. The first-order chi connectivity index (χ1) is 14.6. The number of nitrogens with zero attached hydrogens (tertiary/aromatic N) is 1. The predicted octanol–water partition coefficient (Wildman–Crippen LogP) is 3.22. The van der Waals surface area contributed by atoms with Crippen LogP contribution in [0, 0.1) is 15.9 Å². The van der Waals surface area contributed by atoms with Crippen molar-refractivity contribution in [1.82, 2.24) is 4.98 Å². The number of hydrogen-bond acceptors (Lipinski definition) is 7. The van der Waals surface area contributed by atoms with E-state index in [0.29, 0.717) is 4.90 Å². The van der Waals surface area contributed by atoms with Gasteiger partial charge >= 0.3 is 11.9 Å². The van der Waals surface area contributed by atoms with E-state index in [4.69, 9.17) is 5.73 Å². The summed E-state index contributed by atoms with van der Waals surface area (Å²) in [6, 6.07) is 8.52. The molecule has 10 nitrogen and oxygen atoms in total. The second-order valence-corrected chi connectivity index (χ2v) is 7.21. The molecule has 0 bridgehead atoms. The van der Waals surface area contributed by atoms with Gasteiger partial charge in [0, 0.05) is 33.1 Å². The topological polar surface area (TPSA) is 177 Å². The summed E-state index contributed by atoms with van der Waals surface area (Å²) in [5, 5.41) is 30.5. The van der Waals surface area contributed by atoms with Gasteiger partial charge in [-0.05, 0) is 30.3 Å². The minimum Gasteiger partial charge on any atom is -0.478 e. The van der Waals surface area contributed by atoms with Gasteiger partial charge in [-0.15, -0.1) is 0 Å². The van der Waals surface area contributed by atoms with Gasteiger partial charge in [0.25, 0.3) is 11.2 Å². The molecule has 0 amide bonds. The number of nitrogens with two attached hydrogens (primary N) is 1. The van der Waals surface area contributed by atoms with E-state index in [1.807, 2.05) is 4.98 Å². The van der Waals surface area contributed by atoms with Crippen LogP contribution in [-0.2, 0) is 0 Å². The van der Waals surface area contributed by atoms with Crippen molar-refractivity contribution >= 4 is 35.2 Å². The quantitative estimate of drug-likeness (QED) is 0.328. The number of carboxylic acid groups (broad SMARTS) is 2. The molecule has 31 heavy (non-hydrogen) atoms. The van der Waals surface area contributed by atoms with Crippen LogP contribution < -0.4 is 11.3 Å². The third-order valence-corrected chi connectivity index (χ3v) is 5.24. The van der Waals surface area contributed by atoms with Gasteiger partial charge in [-0.3, -0.25) is 14.9 Å². The number of halogens is 1. The molecule has 5 N–H and O–H groups in total. The van der Waals surface area contributed by atoms with E-state index in [-0.39, 0.29) is 10.5 Å². The lowest BCUT2D eigenvalue weighted by Gasteiger charge is -2.15. The van der Waals surface area contributed by atoms with Crippen LogP contribution in [0.4, 0.5) is 15.9 Å². The van der Waals surface area contributed by atoms with Crippen molar-refractivity contribution in [1.29, 1.82) is 0 Å². The van der Waals surface area contributed by atoms with E-state index in [9.17, 15) is 39.1 Å². The molecule has 0 saturated carbocycles. The molecule has 0 spiro atoms. The normalized spacial score (nSPS) is 10.6. The van der Waals surface area contributed by atoms with Crippen LogP contribution in [0.1, 0.15) is 20.7 Å². The number of nitro groups is 1. The number of non-ortho nitro benzene ring substituents is 1. The number of nitrogen functional groups attached to an aromatic ring is 1. The Balaban J connectivity index is 2.40. The summed E-state index contributed by atoms with van der Waals surface area (Å²) in [6.07, 6.45) is 0. The van der Waals surface area contributed by atoms with Crippen LogP contribution in [0.5, 0.6) is 0 Å². The van der Waals surface area contributed by atoms with E-state index in [1.54, 1.807) is 0 Å². The first-order valence-electron chi connectivity index (χ1n) is 8.34. The number of H-pyrrole nitrogens is 1. The fourth-order valence-electron chi connectivity index (χ4n) is 2.86. The number of nitro benzene ring substituents is 1. The maximum atomic E-state index is 13.2. The smallest absolute Gasteiger partial charge is 0.342 e. The monoisotopic (exact) mass is 445 g/mol. The first-order valence-corrected chi connectivity index (χ1v) is 9.16. The molecule has 158 valence electrons. The maximum absolute atomic E-state index is 13.2. The molecule has 0 radical (unpaired) electrons. The predicted molar refractivity (Wildman–Crippen MR) is 108 cm³/mol. The summed E-state index contributed by atoms with van der Waals surface area (Å²) in [6.45, 7) is 0. The highest BCUT2D eigenvalue weighted by molar-refractivity contribution is 7.99. The Labute approximate surface area is 176 Å². The lowest BCUT2D eigenvalue weighted by Crippen LogP contribution is -2.24. The Morgan fingerprint density at radius 1 is 1.06 bits per heavy atom. The van der Waals surface area contributed by atoms with Crippen LogP contribution in [0.3, 0.4) is 0 Å². The van der Waals surface area contributed by atoms with Crippen LogP contribution in [0.15, 0.2) is 57.1 Å². The second kappa shape index (κ2) is 8.28. The van der Waals surface area contributed by atoms with Crippen LogP contribution >= 0.6 is 11.8 Å². The van der Waals surface area contributed by atoms with E-state index in [2.05, 4.69) is 0 Å². The first kappa shape index (κ1) is 21.5. The number of rotatable bonds is 6. The molecular formula is C19H12FN3O7S. The van der Waals surface area contributed by atoms with Gasteiger partial charge < -0.3 is 20.9 Å². The van der Waals surface area contributed by atoms with E-state index in [1.165, 1.54) is 30.3 Å². The number of aromatic nitrogens is 1. The minimum absolute atomic E-state index is 0.187. The van der Waals surface area contributed by atoms with Crippen molar-refractivity contribution in [3.05, 3.63) is 79.9 Å². The molecular weight excluding hydrogens is 433 g/mol. The Bertz CT molecular complexity index is 1290. The molecule has 1 heterocycles. The molecule has 0 aliphatic rings. The largest absolute Gasteiger partial charge is 0.478 e. The molecule has 1 aromatic heterocycles. The Morgan fingerprint density at radius 2 is 1.68 bits per heavy atom. The molecule has 0 saturated heterocycles. The third kappa shape index (κ3) is 4.23. The number of pyridine rings is 1. The highest BCUT2D eigenvalue weighted by atomic mass is 32.2. The highest BCUT2D eigenvalue weighted by Gasteiger charge is 2.29. The van der Waals surface area contributed by atoms with Crippen LogP contribution in [0.2, 0.25) is 0 Å². The van der Waals surface area contributed by atoms with Gasteiger partial charge in [0.2, 0.25) is 0 Å². The number of hydrogen-bond donors (Lipinski definition) is 4. The number of benzene rings is 2. The summed E-state index contributed by atoms with van der Waals surface area (Å²) in [5.41, 5.74) is 1.56. The van der Waals surface area contributed by atoms with Crippen molar-refractivity contribution in [3.63, 3.8) is 0 Å². The zero-order valence-corrected chi connectivity index (χ0v) is 16.1. The average Bonchev–Trinajstić information content (AvgIpc) is 2.68.